The van der Waals surface area contributed by atoms with E-state index in [1.165, 1.54) is 31.5 Å². The summed E-state index contributed by atoms with van der Waals surface area (Å²) in [5.74, 6) is 1.63. The molecule has 1 fully saturated rings. The first kappa shape index (κ1) is 12.9. The van der Waals surface area contributed by atoms with Gasteiger partial charge in [0.25, 0.3) is 0 Å². The van der Waals surface area contributed by atoms with Crippen LogP contribution in [0.1, 0.15) is 31.2 Å². The van der Waals surface area contributed by atoms with Crippen LogP contribution in [0.25, 0.3) is 0 Å². The molecule has 1 aromatic rings. The fourth-order valence-corrected chi connectivity index (χ4v) is 3.25. The number of fused-ring (bicyclic) bond motifs is 1. The molecular weight excluding hydrogens is 236 g/mol. The van der Waals surface area contributed by atoms with Crippen molar-refractivity contribution in [2.24, 2.45) is 0 Å². The summed E-state index contributed by atoms with van der Waals surface area (Å²) in [5.41, 5.74) is 1.39. The molecule has 2 aliphatic rings. The predicted molar refractivity (Wildman–Crippen MR) is 77.8 cm³/mol. The van der Waals surface area contributed by atoms with Gasteiger partial charge in [0, 0.05) is 30.6 Å². The lowest BCUT2D eigenvalue weighted by Gasteiger charge is -2.26. The van der Waals surface area contributed by atoms with E-state index in [0.717, 1.165) is 25.4 Å². The second kappa shape index (κ2) is 5.93. The normalized spacial score (nSPS) is 25.6. The van der Waals surface area contributed by atoms with E-state index in [1.54, 1.807) is 0 Å². The zero-order valence-corrected chi connectivity index (χ0v) is 11.8. The second-order valence-electron chi connectivity index (χ2n) is 5.69. The Labute approximate surface area is 115 Å². The van der Waals surface area contributed by atoms with Crippen LogP contribution in [0.4, 0.5) is 0 Å². The van der Waals surface area contributed by atoms with Crippen molar-refractivity contribution in [3.8, 4) is 5.75 Å². The highest BCUT2D eigenvalue weighted by Gasteiger charge is 2.26. The first-order chi connectivity index (χ1) is 9.36. The fraction of sp³-hybridized carbons (Fsp3) is 0.625. The Morgan fingerprint density at radius 2 is 2.21 bits per heavy atom. The third kappa shape index (κ3) is 2.93. The molecule has 0 spiro atoms. The topological polar surface area (TPSA) is 24.5 Å². The maximum absolute atomic E-state index is 5.78. The van der Waals surface area contributed by atoms with Crippen LogP contribution in [-0.4, -0.2) is 43.7 Å². The molecule has 1 aromatic carbocycles. The van der Waals surface area contributed by atoms with Crippen LogP contribution in [0.5, 0.6) is 5.75 Å². The molecule has 1 N–H and O–H groups in total. The van der Waals surface area contributed by atoms with E-state index in [0.29, 0.717) is 12.0 Å². The van der Waals surface area contributed by atoms with Gasteiger partial charge in [-0.2, -0.15) is 0 Å². The summed E-state index contributed by atoms with van der Waals surface area (Å²) >= 11 is 0. The molecule has 2 heterocycles. The number of rotatable bonds is 5. The Balaban J connectivity index is 1.60. The first-order valence-corrected chi connectivity index (χ1v) is 7.54. The standard InChI is InChI=1S/C16H24N2O/c1-2-18(11-14-6-5-9-17-14)10-13-12-19-16-8-4-3-7-15(13)16/h3-4,7-8,13-14,17H,2,5-6,9-12H2,1H3. The number of nitrogens with zero attached hydrogens (tertiary/aromatic N) is 1. The van der Waals surface area contributed by atoms with E-state index < -0.39 is 0 Å². The van der Waals surface area contributed by atoms with Crippen LogP contribution >= 0.6 is 0 Å². The van der Waals surface area contributed by atoms with Crippen molar-refractivity contribution in [3.63, 3.8) is 0 Å². The number of benzene rings is 1. The van der Waals surface area contributed by atoms with Crippen LogP contribution in [0.2, 0.25) is 0 Å². The van der Waals surface area contributed by atoms with Gasteiger partial charge in [0.15, 0.2) is 0 Å². The molecule has 0 aromatic heterocycles. The highest BCUT2D eigenvalue weighted by Crippen LogP contribution is 2.33. The van der Waals surface area contributed by atoms with Crippen molar-refractivity contribution in [1.29, 1.82) is 0 Å². The SMILES string of the molecule is CCN(CC1CCCN1)CC1COc2ccccc21. The quantitative estimate of drug-likeness (QED) is 0.878. The van der Waals surface area contributed by atoms with Crippen molar-refractivity contribution in [2.75, 3.05) is 32.8 Å². The molecule has 0 saturated carbocycles. The van der Waals surface area contributed by atoms with E-state index in [2.05, 4.69) is 41.4 Å². The largest absolute Gasteiger partial charge is 0.493 e. The maximum atomic E-state index is 5.78. The molecule has 3 rings (SSSR count). The summed E-state index contributed by atoms with van der Waals surface area (Å²) in [6.45, 7) is 7.71. The number of likely N-dealkylation sites (N-methyl/N-ethyl adjacent to an activating group) is 1. The smallest absolute Gasteiger partial charge is 0.122 e. The Hall–Kier alpha value is -1.06. The van der Waals surface area contributed by atoms with Crippen molar-refractivity contribution >= 4 is 0 Å². The van der Waals surface area contributed by atoms with Gasteiger partial charge in [-0.3, -0.25) is 0 Å². The van der Waals surface area contributed by atoms with Crippen molar-refractivity contribution in [3.05, 3.63) is 29.8 Å². The Morgan fingerprint density at radius 3 is 3.00 bits per heavy atom. The summed E-state index contributed by atoms with van der Waals surface area (Å²) in [6.07, 6.45) is 2.66. The number of hydrogen-bond acceptors (Lipinski definition) is 3. The van der Waals surface area contributed by atoms with E-state index in [9.17, 15) is 0 Å². The molecule has 0 aliphatic carbocycles. The van der Waals surface area contributed by atoms with Crippen molar-refractivity contribution < 1.29 is 4.74 Å². The fourth-order valence-electron chi connectivity index (χ4n) is 3.25. The van der Waals surface area contributed by atoms with Gasteiger partial charge in [0.1, 0.15) is 5.75 Å². The molecular formula is C16H24N2O. The predicted octanol–water partition coefficient (Wildman–Crippen LogP) is 2.24. The van der Waals surface area contributed by atoms with Gasteiger partial charge in [-0.15, -0.1) is 0 Å². The van der Waals surface area contributed by atoms with E-state index in [-0.39, 0.29) is 0 Å². The van der Waals surface area contributed by atoms with Crippen LogP contribution in [-0.2, 0) is 0 Å². The van der Waals surface area contributed by atoms with Gasteiger partial charge < -0.3 is 15.0 Å². The Bertz CT molecular complexity index is 415. The highest BCUT2D eigenvalue weighted by atomic mass is 16.5. The maximum Gasteiger partial charge on any atom is 0.122 e. The third-order valence-electron chi connectivity index (χ3n) is 4.37. The van der Waals surface area contributed by atoms with E-state index in [4.69, 9.17) is 4.74 Å². The van der Waals surface area contributed by atoms with Crippen LogP contribution in [0.15, 0.2) is 24.3 Å². The van der Waals surface area contributed by atoms with Crippen LogP contribution in [0, 0.1) is 0 Å². The van der Waals surface area contributed by atoms with Gasteiger partial charge >= 0.3 is 0 Å². The number of nitrogens with one attached hydrogen (secondary N) is 1. The van der Waals surface area contributed by atoms with Crippen molar-refractivity contribution in [2.45, 2.75) is 31.7 Å². The average Bonchev–Trinajstić information content (AvgIpc) is 3.08. The summed E-state index contributed by atoms with van der Waals surface area (Å²) in [6, 6.07) is 9.17. The lowest BCUT2D eigenvalue weighted by Crippen LogP contribution is -2.39. The Morgan fingerprint density at radius 1 is 1.32 bits per heavy atom. The molecule has 1 saturated heterocycles. The molecule has 0 amide bonds. The van der Waals surface area contributed by atoms with Crippen molar-refractivity contribution in [1.82, 2.24) is 10.2 Å². The number of hydrogen-bond donors (Lipinski definition) is 1. The van der Waals surface area contributed by atoms with E-state index in [1.807, 2.05) is 0 Å². The van der Waals surface area contributed by atoms with Gasteiger partial charge in [-0.25, -0.2) is 0 Å². The summed E-state index contributed by atoms with van der Waals surface area (Å²) < 4.78 is 5.78. The molecule has 3 nitrogen and oxygen atoms in total. The summed E-state index contributed by atoms with van der Waals surface area (Å²) in [7, 11) is 0. The second-order valence-corrected chi connectivity index (χ2v) is 5.69. The molecule has 3 heteroatoms. The monoisotopic (exact) mass is 260 g/mol. The minimum absolute atomic E-state index is 0.539. The van der Waals surface area contributed by atoms with Gasteiger partial charge in [-0.1, -0.05) is 25.1 Å². The molecule has 0 radical (unpaired) electrons. The van der Waals surface area contributed by atoms with E-state index >= 15 is 0 Å². The van der Waals surface area contributed by atoms with Gasteiger partial charge in [-0.05, 0) is 32.0 Å². The minimum atomic E-state index is 0.539. The van der Waals surface area contributed by atoms with Crippen LogP contribution in [0.3, 0.4) is 0 Å². The molecule has 104 valence electrons. The lowest BCUT2D eigenvalue weighted by atomic mass is 10.0. The number of para-hydroxylation sites is 1. The van der Waals surface area contributed by atoms with Gasteiger partial charge in [0.2, 0.25) is 0 Å². The first-order valence-electron chi connectivity index (χ1n) is 7.54. The lowest BCUT2D eigenvalue weighted by molar-refractivity contribution is 0.225. The average molecular weight is 260 g/mol. The highest BCUT2D eigenvalue weighted by molar-refractivity contribution is 5.39. The molecule has 2 aliphatic heterocycles. The minimum Gasteiger partial charge on any atom is -0.493 e. The zero-order valence-electron chi connectivity index (χ0n) is 11.8. The Kier molecular flexibility index (Phi) is 4.04. The molecule has 19 heavy (non-hydrogen) atoms. The molecule has 2 unspecified atom stereocenters. The summed E-state index contributed by atoms with van der Waals surface area (Å²) in [5, 5.41) is 3.59. The summed E-state index contributed by atoms with van der Waals surface area (Å²) in [4.78, 5) is 2.57. The van der Waals surface area contributed by atoms with Gasteiger partial charge in [0.05, 0.1) is 6.61 Å². The molecule has 0 bridgehead atoms. The van der Waals surface area contributed by atoms with Crippen LogP contribution < -0.4 is 10.1 Å². The zero-order chi connectivity index (χ0) is 13.1. The molecule has 2 atom stereocenters. The number of ether oxygens (including phenoxy) is 1. The third-order valence-corrected chi connectivity index (χ3v) is 4.37.